The van der Waals surface area contributed by atoms with Gasteiger partial charge in [0.1, 0.15) is 4.91 Å². The molecule has 2 N–H and O–H groups in total. The number of carbonyl (C=O) groups excluding carboxylic acids is 1. The monoisotopic (exact) mass is 354 g/mol. The van der Waals surface area contributed by atoms with E-state index in [1.165, 1.54) is 13.2 Å². The second kappa shape index (κ2) is 7.23. The van der Waals surface area contributed by atoms with Crippen LogP contribution < -0.4 is 0 Å². The molecule has 1 aromatic heterocycles. The zero-order valence-corrected chi connectivity index (χ0v) is 14.0. The van der Waals surface area contributed by atoms with Gasteiger partial charge in [0.05, 0.1) is 23.7 Å². The van der Waals surface area contributed by atoms with Crippen molar-refractivity contribution in [3.8, 4) is 0 Å². The number of aromatic nitrogens is 2. The van der Waals surface area contributed by atoms with Crippen LogP contribution in [0.25, 0.3) is 17.1 Å². The number of benzene rings is 2. The number of nitrogens with zero attached hydrogens (tertiary/aromatic N) is 1. The van der Waals surface area contributed by atoms with Crippen LogP contribution in [0.2, 0.25) is 0 Å². The number of esters is 1. The molecule has 1 heterocycles. The highest BCUT2D eigenvalue weighted by atomic mass is 32.2. The lowest BCUT2D eigenvalue weighted by molar-refractivity contribution is -0.131. The number of thioether (sulfide) groups is 1. The van der Waals surface area contributed by atoms with Gasteiger partial charge in [0.2, 0.25) is 0 Å². The number of fused-ring (bicyclic) bond motifs is 1. The van der Waals surface area contributed by atoms with Crippen LogP contribution >= 0.6 is 11.8 Å². The molecular formula is C18H14N2O4S. The van der Waals surface area contributed by atoms with Crippen molar-refractivity contribution in [2.45, 2.75) is 5.16 Å². The van der Waals surface area contributed by atoms with E-state index in [-0.39, 0.29) is 4.91 Å². The first kappa shape index (κ1) is 16.8. The Kier molecular flexibility index (Phi) is 4.85. The number of para-hydroxylation sites is 2. The van der Waals surface area contributed by atoms with Gasteiger partial charge < -0.3 is 14.8 Å². The zero-order valence-electron chi connectivity index (χ0n) is 13.2. The van der Waals surface area contributed by atoms with Gasteiger partial charge in [0.25, 0.3) is 0 Å². The lowest BCUT2D eigenvalue weighted by Gasteiger charge is -2.02. The molecule has 0 aliphatic heterocycles. The minimum Gasteiger partial charge on any atom is -0.477 e. The van der Waals surface area contributed by atoms with Crippen LogP contribution in [0.1, 0.15) is 15.9 Å². The van der Waals surface area contributed by atoms with Gasteiger partial charge in [0.15, 0.2) is 5.16 Å². The van der Waals surface area contributed by atoms with E-state index in [0.717, 1.165) is 22.8 Å². The number of ether oxygens (including phenoxy) is 1. The number of H-pyrrole nitrogens is 1. The van der Waals surface area contributed by atoms with Gasteiger partial charge >= 0.3 is 11.9 Å². The van der Waals surface area contributed by atoms with Gasteiger partial charge in [-0.3, -0.25) is 0 Å². The summed E-state index contributed by atoms with van der Waals surface area (Å²) in [6.45, 7) is 0. The molecular weight excluding hydrogens is 340 g/mol. The molecule has 0 fully saturated rings. The molecule has 0 atom stereocenters. The van der Waals surface area contributed by atoms with E-state index in [1.807, 2.05) is 24.3 Å². The highest BCUT2D eigenvalue weighted by molar-refractivity contribution is 8.04. The first-order chi connectivity index (χ1) is 12.1. The Bertz CT molecular complexity index is 928. The van der Waals surface area contributed by atoms with E-state index in [0.29, 0.717) is 16.3 Å². The molecule has 0 radical (unpaired) electrons. The van der Waals surface area contributed by atoms with Gasteiger partial charge in [-0.1, -0.05) is 24.3 Å². The minimum absolute atomic E-state index is 0.116. The summed E-state index contributed by atoms with van der Waals surface area (Å²) in [5.41, 5.74) is 2.68. The fourth-order valence-electron chi connectivity index (χ4n) is 2.20. The Hall–Kier alpha value is -3.06. The topological polar surface area (TPSA) is 92.3 Å². The van der Waals surface area contributed by atoms with E-state index >= 15 is 0 Å². The number of carboxylic acid groups (broad SMARTS) is 1. The van der Waals surface area contributed by atoms with E-state index in [1.54, 1.807) is 24.3 Å². The molecule has 0 aliphatic rings. The van der Waals surface area contributed by atoms with Crippen molar-refractivity contribution in [1.29, 1.82) is 0 Å². The third-order valence-corrected chi connectivity index (χ3v) is 4.31. The smallest absolute Gasteiger partial charge is 0.342 e. The molecule has 3 aromatic rings. The number of rotatable bonds is 5. The number of methoxy groups -OCH3 is 1. The molecule has 2 aromatic carbocycles. The summed E-state index contributed by atoms with van der Waals surface area (Å²) in [5, 5.41) is 9.95. The highest BCUT2D eigenvalue weighted by Gasteiger charge is 2.13. The van der Waals surface area contributed by atoms with Gasteiger partial charge in [0, 0.05) is 0 Å². The summed E-state index contributed by atoms with van der Waals surface area (Å²) in [7, 11) is 1.31. The van der Waals surface area contributed by atoms with Crippen molar-refractivity contribution in [2.24, 2.45) is 0 Å². The maximum absolute atomic E-state index is 11.5. The standard InChI is InChI=1S/C18H14N2O4S/c1-24-17(23)12-8-6-11(7-9-12)10-15(16(21)22)25-18-19-13-4-2-3-5-14(13)20-18/h2-10H,1H3,(H,19,20)(H,21,22)/b15-10-. The predicted octanol–water partition coefficient (Wildman–Crippen LogP) is 3.57. The second-order valence-electron chi connectivity index (χ2n) is 5.09. The fourth-order valence-corrected chi connectivity index (χ4v) is 3.00. The number of aliphatic carboxylic acids is 1. The maximum atomic E-state index is 11.5. The molecule has 0 spiro atoms. The van der Waals surface area contributed by atoms with Gasteiger partial charge in [-0.25, -0.2) is 14.6 Å². The van der Waals surface area contributed by atoms with Crippen molar-refractivity contribution >= 4 is 40.8 Å². The second-order valence-corrected chi connectivity index (χ2v) is 6.12. The number of carbonyl (C=O) groups is 2. The molecule has 0 saturated carbocycles. The Morgan fingerprint density at radius 2 is 1.88 bits per heavy atom. The van der Waals surface area contributed by atoms with Gasteiger partial charge in [-0.15, -0.1) is 0 Å². The molecule has 0 aliphatic carbocycles. The normalized spacial score (nSPS) is 11.5. The summed E-state index contributed by atoms with van der Waals surface area (Å²) in [4.78, 5) is 30.5. The van der Waals surface area contributed by atoms with E-state index in [4.69, 9.17) is 0 Å². The van der Waals surface area contributed by atoms with Crippen molar-refractivity contribution in [3.63, 3.8) is 0 Å². The lowest BCUT2D eigenvalue weighted by Crippen LogP contribution is -2.00. The number of hydrogen-bond acceptors (Lipinski definition) is 5. The molecule has 0 amide bonds. The van der Waals surface area contributed by atoms with Crippen molar-refractivity contribution in [1.82, 2.24) is 9.97 Å². The third-order valence-electron chi connectivity index (χ3n) is 3.41. The first-order valence-corrected chi connectivity index (χ1v) is 8.14. The molecule has 3 rings (SSSR count). The summed E-state index contributed by atoms with van der Waals surface area (Å²) in [5.74, 6) is -1.49. The number of nitrogens with one attached hydrogen (secondary N) is 1. The summed E-state index contributed by atoms with van der Waals surface area (Å²) >= 11 is 1.04. The van der Waals surface area contributed by atoms with E-state index in [9.17, 15) is 14.7 Å². The zero-order chi connectivity index (χ0) is 17.8. The SMILES string of the molecule is COC(=O)c1ccc(/C=C(\Sc2nc3ccccc3[nH]2)C(=O)O)cc1. The highest BCUT2D eigenvalue weighted by Crippen LogP contribution is 2.28. The Morgan fingerprint density at radius 1 is 1.16 bits per heavy atom. The molecule has 0 unspecified atom stereocenters. The molecule has 7 heteroatoms. The van der Waals surface area contributed by atoms with E-state index < -0.39 is 11.9 Å². The van der Waals surface area contributed by atoms with Crippen LogP contribution in [0.3, 0.4) is 0 Å². The minimum atomic E-state index is -1.05. The first-order valence-electron chi connectivity index (χ1n) is 7.33. The third kappa shape index (κ3) is 3.89. The quantitative estimate of drug-likeness (QED) is 0.413. The fraction of sp³-hybridized carbons (Fsp3) is 0.0556. The summed E-state index contributed by atoms with van der Waals surface area (Å²) < 4.78 is 4.64. The molecule has 126 valence electrons. The Balaban J connectivity index is 1.86. The number of aromatic amines is 1. The van der Waals surface area contributed by atoms with Gasteiger partial charge in [-0.05, 0) is 47.7 Å². The number of hydrogen-bond donors (Lipinski definition) is 2. The molecule has 25 heavy (non-hydrogen) atoms. The molecule has 0 saturated heterocycles. The predicted molar refractivity (Wildman–Crippen MR) is 95.3 cm³/mol. The molecule has 6 nitrogen and oxygen atoms in total. The molecule has 0 bridgehead atoms. The average molecular weight is 354 g/mol. The van der Waals surface area contributed by atoms with Crippen molar-refractivity contribution in [2.75, 3.05) is 7.11 Å². The van der Waals surface area contributed by atoms with E-state index in [2.05, 4.69) is 14.7 Å². The van der Waals surface area contributed by atoms with Crippen LogP contribution in [0.15, 0.2) is 58.6 Å². The lowest BCUT2D eigenvalue weighted by atomic mass is 10.1. The van der Waals surface area contributed by atoms with Gasteiger partial charge in [-0.2, -0.15) is 0 Å². The summed E-state index contributed by atoms with van der Waals surface area (Å²) in [6.07, 6.45) is 1.53. The Morgan fingerprint density at radius 3 is 2.52 bits per heavy atom. The van der Waals surface area contributed by atoms with Crippen LogP contribution in [-0.4, -0.2) is 34.1 Å². The van der Waals surface area contributed by atoms with Crippen LogP contribution in [-0.2, 0) is 9.53 Å². The summed E-state index contributed by atoms with van der Waals surface area (Å²) in [6, 6.07) is 14.0. The van der Waals surface area contributed by atoms with Crippen LogP contribution in [0, 0.1) is 0 Å². The average Bonchev–Trinajstić information content (AvgIpc) is 3.03. The van der Waals surface area contributed by atoms with Crippen LogP contribution in [0.5, 0.6) is 0 Å². The number of imidazole rings is 1. The largest absolute Gasteiger partial charge is 0.477 e. The maximum Gasteiger partial charge on any atom is 0.342 e. The van der Waals surface area contributed by atoms with Crippen molar-refractivity contribution in [3.05, 3.63) is 64.6 Å². The number of carboxylic acids is 1. The van der Waals surface area contributed by atoms with Crippen LogP contribution in [0.4, 0.5) is 0 Å². The Labute approximate surface area is 147 Å². The van der Waals surface area contributed by atoms with Crippen molar-refractivity contribution < 1.29 is 19.4 Å².